The molecule has 0 atom stereocenters. The second kappa shape index (κ2) is 15.2. The van der Waals surface area contributed by atoms with Crippen molar-refractivity contribution in [2.24, 2.45) is 0 Å². The van der Waals surface area contributed by atoms with Gasteiger partial charge in [0.15, 0.2) is 0 Å². The van der Waals surface area contributed by atoms with Crippen molar-refractivity contribution in [2.75, 3.05) is 0 Å². The summed E-state index contributed by atoms with van der Waals surface area (Å²) in [6.45, 7) is 0. The first-order valence-electron chi connectivity index (χ1n) is 21.3. The predicted octanol–water partition coefficient (Wildman–Crippen LogP) is 14.3. The van der Waals surface area contributed by atoms with E-state index in [1.54, 1.807) is 0 Å². The normalized spacial score (nSPS) is 11.4. The van der Waals surface area contributed by atoms with Crippen molar-refractivity contribution >= 4 is 43.6 Å². The number of aromatic nitrogens is 5. The highest BCUT2D eigenvalue weighted by molar-refractivity contribution is 6.12. The van der Waals surface area contributed by atoms with E-state index in [1.807, 2.05) is 66.9 Å². The SMILES string of the molecule is N#Cc1ccc(-c2cc(-n3c4ccccc4c4cc(-c5cccc(-c6ccccc6)n5)ccc43)ncc2-n2c3ccccc3c3cc(-c4cccc(-c5ccccc5)n4)ccc32)cc1. The van der Waals surface area contributed by atoms with Crippen LogP contribution in [-0.4, -0.2) is 24.1 Å². The van der Waals surface area contributed by atoms with E-state index >= 15 is 0 Å². The average molecular weight is 817 g/mol. The van der Waals surface area contributed by atoms with Crippen LogP contribution in [0.3, 0.4) is 0 Å². The summed E-state index contributed by atoms with van der Waals surface area (Å²) in [7, 11) is 0. The van der Waals surface area contributed by atoms with E-state index in [-0.39, 0.29) is 0 Å². The monoisotopic (exact) mass is 816 g/mol. The molecule has 0 bridgehead atoms. The van der Waals surface area contributed by atoms with Gasteiger partial charge in [0, 0.05) is 49.4 Å². The molecule has 0 amide bonds. The van der Waals surface area contributed by atoms with E-state index in [1.165, 1.54) is 0 Å². The molecule has 12 aromatic rings. The van der Waals surface area contributed by atoms with Crippen molar-refractivity contribution in [3.63, 3.8) is 0 Å². The Morgan fingerprint density at radius 3 is 1.36 bits per heavy atom. The zero-order valence-corrected chi connectivity index (χ0v) is 34.5. The van der Waals surface area contributed by atoms with Gasteiger partial charge in [-0.1, -0.05) is 133 Å². The van der Waals surface area contributed by atoms with Crippen molar-refractivity contribution in [1.82, 2.24) is 24.1 Å². The number of hydrogen-bond donors (Lipinski definition) is 0. The molecular weight excluding hydrogens is 781 g/mol. The van der Waals surface area contributed by atoms with Crippen molar-refractivity contribution in [1.29, 1.82) is 5.26 Å². The fraction of sp³-hybridized carbons (Fsp3) is 0. The molecule has 0 spiro atoms. The van der Waals surface area contributed by atoms with Crippen LogP contribution < -0.4 is 0 Å². The second-order valence-electron chi connectivity index (χ2n) is 16.0. The molecule has 0 saturated heterocycles. The van der Waals surface area contributed by atoms with Gasteiger partial charge in [0.2, 0.25) is 0 Å². The lowest BCUT2D eigenvalue weighted by molar-refractivity contribution is 1.06. The van der Waals surface area contributed by atoms with E-state index in [9.17, 15) is 5.26 Å². The largest absolute Gasteiger partial charge is 0.307 e. The highest BCUT2D eigenvalue weighted by atomic mass is 15.1. The van der Waals surface area contributed by atoms with Crippen molar-refractivity contribution in [3.8, 4) is 73.7 Å². The molecule has 298 valence electrons. The molecule has 0 aliphatic carbocycles. The van der Waals surface area contributed by atoms with Crippen molar-refractivity contribution in [3.05, 3.63) is 224 Å². The molecule has 0 unspecified atom stereocenters. The minimum absolute atomic E-state index is 0.607. The van der Waals surface area contributed by atoms with Crippen LogP contribution in [0.5, 0.6) is 0 Å². The molecule has 0 aliphatic rings. The standard InChI is InChI=1S/C58H36N6/c59-36-38-25-27-39(28-26-38)46-35-58(64-54-24-10-8-18-45(54)48-34-43(30-32-56(48)64)52-22-12-20-50(62-52)41-15-5-2-6-16-41)60-37-57(46)63-53-23-9-7-17-44(53)47-33-42(29-31-55(47)63)51-21-11-19-49(61-51)40-13-3-1-4-14-40/h1-35,37H. The molecule has 0 aliphatic heterocycles. The molecule has 12 rings (SSSR count). The Morgan fingerprint density at radius 2 is 0.812 bits per heavy atom. The summed E-state index contributed by atoms with van der Waals surface area (Å²) in [6, 6.07) is 75.6. The van der Waals surface area contributed by atoms with Crippen LogP contribution >= 0.6 is 0 Å². The maximum atomic E-state index is 9.77. The van der Waals surface area contributed by atoms with Gasteiger partial charge in [0.25, 0.3) is 0 Å². The molecule has 0 saturated carbocycles. The van der Waals surface area contributed by atoms with Gasteiger partial charge in [-0.3, -0.25) is 4.57 Å². The topological polar surface area (TPSA) is 72.3 Å². The fourth-order valence-corrected chi connectivity index (χ4v) is 9.19. The van der Waals surface area contributed by atoms with Gasteiger partial charge in [-0.2, -0.15) is 5.26 Å². The van der Waals surface area contributed by atoms with Gasteiger partial charge >= 0.3 is 0 Å². The van der Waals surface area contributed by atoms with Crippen LogP contribution in [0.1, 0.15) is 5.56 Å². The summed E-state index contributed by atoms with van der Waals surface area (Å²) in [5.41, 5.74) is 15.7. The highest BCUT2D eigenvalue weighted by Gasteiger charge is 2.21. The summed E-state index contributed by atoms with van der Waals surface area (Å²) >= 11 is 0. The maximum absolute atomic E-state index is 9.77. The van der Waals surface area contributed by atoms with Gasteiger partial charge in [-0.25, -0.2) is 15.0 Å². The third-order valence-electron chi connectivity index (χ3n) is 12.2. The van der Waals surface area contributed by atoms with E-state index in [0.29, 0.717) is 5.56 Å². The van der Waals surface area contributed by atoms with Gasteiger partial charge < -0.3 is 4.57 Å². The molecule has 0 N–H and O–H groups in total. The number of pyridine rings is 3. The van der Waals surface area contributed by atoms with Crippen LogP contribution in [-0.2, 0) is 0 Å². The first-order chi connectivity index (χ1) is 31.7. The van der Waals surface area contributed by atoms with Gasteiger partial charge in [0.05, 0.1) is 68.4 Å². The highest BCUT2D eigenvalue weighted by Crippen LogP contribution is 2.40. The molecule has 64 heavy (non-hydrogen) atoms. The summed E-state index contributed by atoms with van der Waals surface area (Å²) < 4.78 is 4.58. The zero-order chi connectivity index (χ0) is 42.6. The number of hydrogen-bond acceptors (Lipinski definition) is 4. The van der Waals surface area contributed by atoms with E-state index in [4.69, 9.17) is 15.0 Å². The Balaban J connectivity index is 1.03. The number of nitriles is 1. The first kappa shape index (κ1) is 36.9. The number of nitrogens with zero attached hydrogens (tertiary/aromatic N) is 6. The van der Waals surface area contributed by atoms with E-state index < -0.39 is 0 Å². The summed E-state index contributed by atoms with van der Waals surface area (Å²) in [5, 5.41) is 14.3. The quantitative estimate of drug-likeness (QED) is 0.161. The first-order valence-corrected chi connectivity index (χ1v) is 21.3. The number of para-hydroxylation sites is 2. The molecule has 5 aromatic heterocycles. The van der Waals surface area contributed by atoms with E-state index in [2.05, 4.69) is 167 Å². The van der Waals surface area contributed by atoms with Gasteiger partial charge in [0.1, 0.15) is 5.82 Å². The predicted molar refractivity (Wildman–Crippen MR) is 260 cm³/mol. The van der Waals surface area contributed by atoms with Crippen LogP contribution in [0.25, 0.3) is 111 Å². The molecule has 7 aromatic carbocycles. The van der Waals surface area contributed by atoms with Crippen LogP contribution in [0.15, 0.2) is 219 Å². The molecule has 0 fully saturated rings. The third-order valence-corrected chi connectivity index (χ3v) is 12.2. The Labute approximate surface area is 369 Å². The maximum Gasteiger partial charge on any atom is 0.138 e. The Bertz CT molecular complexity index is 3780. The fourth-order valence-electron chi connectivity index (χ4n) is 9.19. The number of benzene rings is 7. The molecule has 5 heterocycles. The Kier molecular flexibility index (Phi) is 8.77. The van der Waals surface area contributed by atoms with Crippen molar-refractivity contribution in [2.45, 2.75) is 0 Å². The van der Waals surface area contributed by atoms with Gasteiger partial charge in [-0.05, 0) is 84.4 Å². The molecule has 0 radical (unpaired) electrons. The van der Waals surface area contributed by atoms with Gasteiger partial charge in [-0.15, -0.1) is 0 Å². The lowest BCUT2D eigenvalue weighted by Gasteiger charge is -2.16. The minimum atomic E-state index is 0.607. The van der Waals surface area contributed by atoms with Crippen LogP contribution in [0.2, 0.25) is 0 Å². The Hall–Kier alpha value is -8.92. The number of fused-ring (bicyclic) bond motifs is 6. The molecular formula is C58H36N6. The molecule has 6 nitrogen and oxygen atoms in total. The van der Waals surface area contributed by atoms with Crippen LogP contribution in [0, 0.1) is 11.3 Å². The number of rotatable bonds is 7. The molecule has 6 heteroatoms. The summed E-state index contributed by atoms with van der Waals surface area (Å²) in [6.07, 6.45) is 2.00. The average Bonchev–Trinajstić information content (AvgIpc) is 3.89. The third kappa shape index (κ3) is 6.22. The lowest BCUT2D eigenvalue weighted by Crippen LogP contribution is -2.03. The van der Waals surface area contributed by atoms with E-state index in [0.717, 1.165) is 111 Å². The minimum Gasteiger partial charge on any atom is -0.307 e. The zero-order valence-electron chi connectivity index (χ0n) is 34.5. The smallest absolute Gasteiger partial charge is 0.138 e. The van der Waals surface area contributed by atoms with Crippen molar-refractivity contribution < 1.29 is 0 Å². The van der Waals surface area contributed by atoms with Crippen LogP contribution in [0.4, 0.5) is 0 Å². The summed E-state index contributed by atoms with van der Waals surface area (Å²) in [4.78, 5) is 15.5. The Morgan fingerprint density at radius 1 is 0.359 bits per heavy atom. The lowest BCUT2D eigenvalue weighted by atomic mass is 10.0. The summed E-state index contributed by atoms with van der Waals surface area (Å²) in [5.74, 6) is 0.790. The second-order valence-corrected chi connectivity index (χ2v) is 16.0.